The van der Waals surface area contributed by atoms with E-state index in [1.165, 1.54) is 6.20 Å². The van der Waals surface area contributed by atoms with Gasteiger partial charge in [0, 0.05) is 31.9 Å². The molecule has 0 aliphatic carbocycles. The topological polar surface area (TPSA) is 90.1 Å². The molecular formula is C12H19N5O2. The van der Waals surface area contributed by atoms with Crippen LogP contribution < -0.4 is 10.6 Å². The van der Waals surface area contributed by atoms with Crippen LogP contribution in [0.15, 0.2) is 6.20 Å². The first kappa shape index (κ1) is 13.5. The Morgan fingerprint density at radius 2 is 2.37 bits per heavy atom. The summed E-state index contributed by atoms with van der Waals surface area (Å²) >= 11 is 0. The van der Waals surface area contributed by atoms with Crippen molar-refractivity contribution in [2.75, 3.05) is 26.2 Å². The molecule has 7 nitrogen and oxygen atoms in total. The van der Waals surface area contributed by atoms with E-state index in [-0.39, 0.29) is 11.8 Å². The SMILES string of the molecule is CCNC(=O)C1CNCCN1C(=O)c1cn[nH]c1C. The van der Waals surface area contributed by atoms with Crippen molar-refractivity contribution in [3.05, 3.63) is 17.5 Å². The van der Waals surface area contributed by atoms with Crippen molar-refractivity contribution < 1.29 is 9.59 Å². The monoisotopic (exact) mass is 265 g/mol. The third kappa shape index (κ3) is 2.76. The first-order valence-corrected chi connectivity index (χ1v) is 6.44. The van der Waals surface area contributed by atoms with Gasteiger partial charge in [-0.15, -0.1) is 0 Å². The number of H-pyrrole nitrogens is 1. The lowest BCUT2D eigenvalue weighted by molar-refractivity contribution is -0.126. The molecule has 0 spiro atoms. The maximum Gasteiger partial charge on any atom is 0.258 e. The van der Waals surface area contributed by atoms with E-state index >= 15 is 0 Å². The summed E-state index contributed by atoms with van der Waals surface area (Å²) in [4.78, 5) is 26.1. The quantitative estimate of drug-likeness (QED) is 0.672. The average Bonchev–Trinajstić information content (AvgIpc) is 2.84. The number of aromatic amines is 1. The summed E-state index contributed by atoms with van der Waals surface area (Å²) < 4.78 is 0. The highest BCUT2D eigenvalue weighted by Crippen LogP contribution is 2.12. The van der Waals surface area contributed by atoms with Crippen molar-refractivity contribution in [1.82, 2.24) is 25.7 Å². The van der Waals surface area contributed by atoms with E-state index in [1.54, 1.807) is 11.8 Å². The molecule has 19 heavy (non-hydrogen) atoms. The summed E-state index contributed by atoms with van der Waals surface area (Å²) in [5, 5.41) is 12.5. The van der Waals surface area contributed by atoms with Gasteiger partial charge >= 0.3 is 0 Å². The normalized spacial score (nSPS) is 19.3. The summed E-state index contributed by atoms with van der Waals surface area (Å²) in [6.07, 6.45) is 1.51. The highest BCUT2D eigenvalue weighted by molar-refractivity contribution is 5.98. The van der Waals surface area contributed by atoms with E-state index in [1.807, 2.05) is 6.92 Å². The molecule has 0 saturated carbocycles. The summed E-state index contributed by atoms with van der Waals surface area (Å²) in [7, 11) is 0. The highest BCUT2D eigenvalue weighted by atomic mass is 16.2. The van der Waals surface area contributed by atoms with Crippen LogP contribution in [0.2, 0.25) is 0 Å². The predicted molar refractivity (Wildman–Crippen MR) is 69.7 cm³/mol. The van der Waals surface area contributed by atoms with E-state index in [0.29, 0.717) is 31.7 Å². The van der Waals surface area contributed by atoms with Gasteiger partial charge in [-0.05, 0) is 13.8 Å². The number of amides is 2. The van der Waals surface area contributed by atoms with Gasteiger partial charge in [0.25, 0.3) is 5.91 Å². The summed E-state index contributed by atoms with van der Waals surface area (Å²) in [5.41, 5.74) is 1.24. The number of aryl methyl sites for hydroxylation is 1. The zero-order valence-electron chi connectivity index (χ0n) is 11.2. The van der Waals surface area contributed by atoms with Crippen molar-refractivity contribution >= 4 is 11.8 Å². The van der Waals surface area contributed by atoms with Gasteiger partial charge < -0.3 is 15.5 Å². The van der Waals surface area contributed by atoms with Gasteiger partial charge in [-0.2, -0.15) is 5.10 Å². The number of nitrogens with zero attached hydrogens (tertiary/aromatic N) is 2. The summed E-state index contributed by atoms with van der Waals surface area (Å²) in [6.45, 7) is 5.91. The van der Waals surface area contributed by atoms with Gasteiger partial charge in [-0.3, -0.25) is 14.7 Å². The molecule has 0 radical (unpaired) electrons. The maximum absolute atomic E-state index is 12.5. The fraction of sp³-hybridized carbons (Fsp3) is 0.583. The number of nitrogens with one attached hydrogen (secondary N) is 3. The fourth-order valence-electron chi connectivity index (χ4n) is 2.19. The molecule has 1 aliphatic rings. The van der Waals surface area contributed by atoms with Crippen LogP contribution in [0.25, 0.3) is 0 Å². The van der Waals surface area contributed by atoms with Gasteiger partial charge in [0.05, 0.1) is 11.8 Å². The second kappa shape index (κ2) is 5.83. The van der Waals surface area contributed by atoms with E-state index < -0.39 is 6.04 Å². The van der Waals surface area contributed by atoms with Gasteiger partial charge in [0.2, 0.25) is 5.91 Å². The Morgan fingerprint density at radius 1 is 1.58 bits per heavy atom. The largest absolute Gasteiger partial charge is 0.355 e. The van der Waals surface area contributed by atoms with Crippen LogP contribution in [0.1, 0.15) is 23.0 Å². The van der Waals surface area contributed by atoms with Crippen LogP contribution in [-0.2, 0) is 4.79 Å². The van der Waals surface area contributed by atoms with Gasteiger partial charge in [-0.25, -0.2) is 0 Å². The van der Waals surface area contributed by atoms with Crippen LogP contribution in [0.3, 0.4) is 0 Å². The maximum atomic E-state index is 12.5. The van der Waals surface area contributed by atoms with E-state index in [9.17, 15) is 9.59 Å². The lowest BCUT2D eigenvalue weighted by Gasteiger charge is -2.35. The number of piperazine rings is 1. The Kier molecular flexibility index (Phi) is 4.16. The minimum absolute atomic E-state index is 0.121. The van der Waals surface area contributed by atoms with Crippen molar-refractivity contribution in [3.63, 3.8) is 0 Å². The van der Waals surface area contributed by atoms with Crippen molar-refractivity contribution in [2.45, 2.75) is 19.9 Å². The van der Waals surface area contributed by atoms with E-state index in [0.717, 1.165) is 5.69 Å². The average molecular weight is 265 g/mol. The molecule has 2 amide bonds. The van der Waals surface area contributed by atoms with Gasteiger partial charge in [0.1, 0.15) is 6.04 Å². The van der Waals surface area contributed by atoms with E-state index in [4.69, 9.17) is 0 Å². The molecule has 2 rings (SSSR count). The van der Waals surface area contributed by atoms with Crippen LogP contribution in [0, 0.1) is 6.92 Å². The van der Waals surface area contributed by atoms with E-state index in [2.05, 4.69) is 20.8 Å². The second-order valence-corrected chi connectivity index (χ2v) is 4.52. The number of aromatic nitrogens is 2. The molecule has 1 aromatic heterocycles. The number of hydrogen-bond acceptors (Lipinski definition) is 4. The second-order valence-electron chi connectivity index (χ2n) is 4.52. The Balaban J connectivity index is 2.18. The Hall–Kier alpha value is -1.89. The zero-order chi connectivity index (χ0) is 13.8. The number of rotatable bonds is 3. The number of likely N-dealkylation sites (N-methyl/N-ethyl adjacent to an activating group) is 1. The van der Waals surface area contributed by atoms with Crippen molar-refractivity contribution in [3.8, 4) is 0 Å². The minimum atomic E-state index is -0.463. The molecule has 1 fully saturated rings. The van der Waals surface area contributed by atoms with Gasteiger partial charge in [-0.1, -0.05) is 0 Å². The van der Waals surface area contributed by atoms with Crippen molar-refractivity contribution in [2.24, 2.45) is 0 Å². The standard InChI is InChI=1S/C12H19N5O2/c1-3-14-11(18)10-7-13-4-5-17(10)12(19)9-6-15-16-8(9)2/h6,10,13H,3-5,7H2,1-2H3,(H,14,18)(H,15,16). The third-order valence-electron chi connectivity index (χ3n) is 3.22. The van der Waals surface area contributed by atoms with Crippen LogP contribution in [0.4, 0.5) is 0 Å². The number of carbonyl (C=O) groups is 2. The van der Waals surface area contributed by atoms with Gasteiger partial charge in [0.15, 0.2) is 0 Å². The number of carbonyl (C=O) groups excluding carboxylic acids is 2. The molecule has 1 saturated heterocycles. The zero-order valence-corrected chi connectivity index (χ0v) is 11.2. The van der Waals surface area contributed by atoms with Crippen LogP contribution in [0.5, 0.6) is 0 Å². The first-order chi connectivity index (χ1) is 9.15. The summed E-state index contributed by atoms with van der Waals surface area (Å²) in [5.74, 6) is -0.270. The lowest BCUT2D eigenvalue weighted by atomic mass is 10.1. The Morgan fingerprint density at radius 3 is 3.00 bits per heavy atom. The third-order valence-corrected chi connectivity index (χ3v) is 3.22. The molecule has 0 aromatic carbocycles. The Labute approximate surface area is 111 Å². The Bertz CT molecular complexity index is 470. The molecular weight excluding hydrogens is 246 g/mol. The highest BCUT2D eigenvalue weighted by Gasteiger charge is 2.33. The lowest BCUT2D eigenvalue weighted by Crippen LogP contribution is -2.59. The van der Waals surface area contributed by atoms with Crippen molar-refractivity contribution in [1.29, 1.82) is 0 Å². The smallest absolute Gasteiger partial charge is 0.258 e. The van der Waals surface area contributed by atoms with Crippen LogP contribution in [-0.4, -0.2) is 59.1 Å². The molecule has 7 heteroatoms. The molecule has 104 valence electrons. The number of hydrogen-bond donors (Lipinski definition) is 3. The molecule has 1 atom stereocenters. The molecule has 2 heterocycles. The minimum Gasteiger partial charge on any atom is -0.355 e. The first-order valence-electron chi connectivity index (χ1n) is 6.44. The van der Waals surface area contributed by atoms with Crippen LogP contribution >= 0.6 is 0 Å². The molecule has 1 unspecified atom stereocenters. The molecule has 1 aromatic rings. The molecule has 3 N–H and O–H groups in total. The molecule has 0 bridgehead atoms. The molecule has 1 aliphatic heterocycles. The fourth-order valence-corrected chi connectivity index (χ4v) is 2.19. The predicted octanol–water partition coefficient (Wildman–Crippen LogP) is -0.732. The summed E-state index contributed by atoms with van der Waals surface area (Å²) in [6, 6.07) is -0.463.